The number of carbonyl (C=O) groups excluding carboxylic acids is 2. The van der Waals surface area contributed by atoms with Crippen molar-refractivity contribution in [2.24, 2.45) is 11.8 Å². The molecule has 28 heavy (non-hydrogen) atoms. The molecule has 2 aliphatic rings. The van der Waals surface area contributed by atoms with E-state index in [2.05, 4.69) is 12.2 Å². The van der Waals surface area contributed by atoms with Crippen LogP contribution in [-0.4, -0.2) is 48.3 Å². The van der Waals surface area contributed by atoms with Gasteiger partial charge in [0.1, 0.15) is 6.10 Å². The standard InChI is InChI=1S/C21H30N2O5/c1-3-14-4-7-17(8-5-14)28-21(26)23-12-16(13-23)20(25)22-11-15-6-9-18(24)19(10-15)27-2/h6,9-10,14,16-17,24H,3-5,7-8,11-13H2,1-2H3,(H,22,25). The summed E-state index contributed by atoms with van der Waals surface area (Å²) in [5, 5.41) is 12.5. The summed E-state index contributed by atoms with van der Waals surface area (Å²) in [5.74, 6) is 0.911. The molecule has 1 heterocycles. The van der Waals surface area contributed by atoms with E-state index in [0.717, 1.165) is 37.2 Å². The van der Waals surface area contributed by atoms with Crippen molar-refractivity contribution in [1.82, 2.24) is 10.2 Å². The number of benzene rings is 1. The fourth-order valence-corrected chi connectivity index (χ4v) is 3.83. The van der Waals surface area contributed by atoms with Crippen LogP contribution in [0.15, 0.2) is 18.2 Å². The zero-order valence-corrected chi connectivity index (χ0v) is 16.6. The normalized spacial score (nSPS) is 22.3. The van der Waals surface area contributed by atoms with E-state index in [4.69, 9.17) is 9.47 Å². The number of phenolic OH excluding ortho intramolecular Hbond substituents is 1. The molecule has 1 saturated heterocycles. The van der Waals surface area contributed by atoms with Crippen molar-refractivity contribution < 1.29 is 24.2 Å². The summed E-state index contributed by atoms with van der Waals surface area (Å²) in [4.78, 5) is 26.1. The molecule has 0 bridgehead atoms. The third-order valence-electron chi connectivity index (χ3n) is 5.86. The molecule has 7 nitrogen and oxygen atoms in total. The van der Waals surface area contributed by atoms with Gasteiger partial charge in [-0.1, -0.05) is 19.4 Å². The Bertz CT molecular complexity index is 694. The van der Waals surface area contributed by atoms with Gasteiger partial charge in [0.25, 0.3) is 0 Å². The maximum Gasteiger partial charge on any atom is 0.410 e. The fraction of sp³-hybridized carbons (Fsp3) is 0.619. The third kappa shape index (κ3) is 4.88. The molecular weight excluding hydrogens is 360 g/mol. The van der Waals surface area contributed by atoms with Gasteiger partial charge in [-0.15, -0.1) is 0 Å². The van der Waals surface area contributed by atoms with Crippen LogP contribution >= 0.6 is 0 Å². The molecule has 154 valence electrons. The van der Waals surface area contributed by atoms with Gasteiger partial charge in [-0.05, 0) is 49.3 Å². The first-order valence-corrected chi connectivity index (χ1v) is 10.1. The van der Waals surface area contributed by atoms with Crippen molar-refractivity contribution in [3.63, 3.8) is 0 Å². The first kappa shape index (κ1) is 20.3. The Labute approximate surface area is 166 Å². The number of methoxy groups -OCH3 is 1. The van der Waals surface area contributed by atoms with Gasteiger partial charge in [0.15, 0.2) is 11.5 Å². The highest BCUT2D eigenvalue weighted by Gasteiger charge is 2.37. The van der Waals surface area contributed by atoms with Gasteiger partial charge in [-0.2, -0.15) is 0 Å². The molecule has 0 unspecified atom stereocenters. The topological polar surface area (TPSA) is 88.1 Å². The number of carbonyl (C=O) groups is 2. The molecule has 0 aromatic heterocycles. The number of aromatic hydroxyl groups is 1. The number of ether oxygens (including phenoxy) is 2. The first-order valence-electron chi connectivity index (χ1n) is 10.1. The van der Waals surface area contributed by atoms with Crippen molar-refractivity contribution in [3.05, 3.63) is 23.8 Å². The molecule has 0 atom stereocenters. The molecule has 0 radical (unpaired) electrons. The van der Waals surface area contributed by atoms with Crippen molar-refractivity contribution in [3.8, 4) is 11.5 Å². The average molecular weight is 390 g/mol. The highest BCUT2D eigenvalue weighted by Crippen LogP contribution is 2.29. The molecule has 0 spiro atoms. The van der Waals surface area contributed by atoms with Crippen LogP contribution in [-0.2, 0) is 16.1 Å². The summed E-state index contributed by atoms with van der Waals surface area (Å²) in [6, 6.07) is 4.96. The second-order valence-electron chi connectivity index (χ2n) is 7.76. The van der Waals surface area contributed by atoms with E-state index < -0.39 is 0 Å². The van der Waals surface area contributed by atoms with Crippen LogP contribution in [0.5, 0.6) is 11.5 Å². The van der Waals surface area contributed by atoms with Crippen molar-refractivity contribution in [2.75, 3.05) is 20.2 Å². The Kier molecular flexibility index (Phi) is 6.65. The molecule has 1 aliphatic carbocycles. The van der Waals surface area contributed by atoms with Gasteiger partial charge in [0, 0.05) is 19.6 Å². The second kappa shape index (κ2) is 9.17. The van der Waals surface area contributed by atoms with Gasteiger partial charge in [-0.25, -0.2) is 4.79 Å². The van der Waals surface area contributed by atoms with Gasteiger partial charge in [-0.3, -0.25) is 4.79 Å². The lowest BCUT2D eigenvalue weighted by molar-refractivity contribution is -0.129. The summed E-state index contributed by atoms with van der Waals surface area (Å²) < 4.78 is 10.7. The summed E-state index contributed by atoms with van der Waals surface area (Å²) in [6.45, 7) is 3.35. The van der Waals surface area contributed by atoms with Crippen molar-refractivity contribution in [1.29, 1.82) is 0 Å². The average Bonchev–Trinajstić information content (AvgIpc) is 2.66. The maximum absolute atomic E-state index is 12.3. The van der Waals surface area contributed by atoms with E-state index in [1.54, 1.807) is 17.0 Å². The smallest absolute Gasteiger partial charge is 0.410 e. The van der Waals surface area contributed by atoms with E-state index in [1.807, 2.05) is 0 Å². The lowest BCUT2D eigenvalue weighted by Crippen LogP contribution is -2.56. The van der Waals surface area contributed by atoms with Crippen LogP contribution in [0.25, 0.3) is 0 Å². The lowest BCUT2D eigenvalue weighted by Gasteiger charge is -2.38. The summed E-state index contributed by atoms with van der Waals surface area (Å²) in [5.41, 5.74) is 0.835. The van der Waals surface area contributed by atoms with Crippen LogP contribution in [0.3, 0.4) is 0 Å². The molecule has 1 saturated carbocycles. The van der Waals surface area contributed by atoms with Crippen LogP contribution in [0.4, 0.5) is 4.79 Å². The van der Waals surface area contributed by atoms with Gasteiger partial charge >= 0.3 is 6.09 Å². The quantitative estimate of drug-likeness (QED) is 0.779. The van der Waals surface area contributed by atoms with Crippen LogP contribution in [0, 0.1) is 11.8 Å². The Morgan fingerprint density at radius 3 is 2.57 bits per heavy atom. The Morgan fingerprint density at radius 1 is 1.21 bits per heavy atom. The molecule has 1 aromatic rings. The fourth-order valence-electron chi connectivity index (χ4n) is 3.83. The van der Waals surface area contributed by atoms with Crippen molar-refractivity contribution in [2.45, 2.75) is 51.7 Å². The second-order valence-corrected chi connectivity index (χ2v) is 7.76. The molecule has 3 rings (SSSR count). The van der Waals surface area contributed by atoms with E-state index in [0.29, 0.717) is 25.4 Å². The number of hydrogen-bond acceptors (Lipinski definition) is 5. The largest absolute Gasteiger partial charge is 0.504 e. The van der Waals surface area contributed by atoms with Gasteiger partial charge < -0.3 is 24.8 Å². The van der Waals surface area contributed by atoms with E-state index in [9.17, 15) is 14.7 Å². The maximum atomic E-state index is 12.3. The number of rotatable bonds is 6. The Hall–Kier alpha value is -2.44. The molecular formula is C21H30N2O5. The molecule has 7 heteroatoms. The molecule has 2 N–H and O–H groups in total. The zero-order valence-electron chi connectivity index (χ0n) is 16.6. The van der Waals surface area contributed by atoms with Crippen molar-refractivity contribution >= 4 is 12.0 Å². The predicted molar refractivity (Wildman–Crippen MR) is 104 cm³/mol. The Morgan fingerprint density at radius 2 is 1.93 bits per heavy atom. The number of phenols is 1. The zero-order chi connectivity index (χ0) is 20.1. The highest BCUT2D eigenvalue weighted by molar-refractivity contribution is 5.82. The molecule has 2 fully saturated rings. The first-order chi connectivity index (χ1) is 13.5. The molecule has 2 amide bonds. The van der Waals surface area contributed by atoms with Crippen LogP contribution in [0.2, 0.25) is 0 Å². The minimum atomic E-state index is -0.299. The predicted octanol–water partition coefficient (Wildman–Crippen LogP) is 3.05. The van der Waals surface area contributed by atoms with Crippen LogP contribution in [0.1, 0.15) is 44.6 Å². The highest BCUT2D eigenvalue weighted by atomic mass is 16.6. The van der Waals surface area contributed by atoms with E-state index >= 15 is 0 Å². The number of hydrogen-bond donors (Lipinski definition) is 2. The minimum Gasteiger partial charge on any atom is -0.504 e. The summed E-state index contributed by atoms with van der Waals surface area (Å²) in [7, 11) is 1.48. The summed E-state index contributed by atoms with van der Waals surface area (Å²) >= 11 is 0. The minimum absolute atomic E-state index is 0.0210. The van der Waals surface area contributed by atoms with Gasteiger partial charge in [0.05, 0.1) is 13.0 Å². The van der Waals surface area contributed by atoms with E-state index in [1.165, 1.54) is 19.6 Å². The molecule has 1 aliphatic heterocycles. The monoisotopic (exact) mass is 390 g/mol. The SMILES string of the molecule is CCC1CCC(OC(=O)N2CC(C(=O)NCc3ccc(O)c(OC)c3)C2)CC1. The molecule has 1 aromatic carbocycles. The number of nitrogens with one attached hydrogen (secondary N) is 1. The Balaban J connectivity index is 1.37. The lowest BCUT2D eigenvalue weighted by atomic mass is 9.86. The van der Waals surface area contributed by atoms with Crippen LogP contribution < -0.4 is 10.1 Å². The third-order valence-corrected chi connectivity index (χ3v) is 5.86. The van der Waals surface area contributed by atoms with Gasteiger partial charge in [0.2, 0.25) is 5.91 Å². The summed E-state index contributed by atoms with van der Waals surface area (Å²) in [6.07, 6.45) is 5.06. The number of amides is 2. The number of likely N-dealkylation sites (tertiary alicyclic amines) is 1. The number of nitrogens with zero attached hydrogens (tertiary/aromatic N) is 1. The van der Waals surface area contributed by atoms with E-state index in [-0.39, 0.29) is 29.8 Å².